The van der Waals surface area contributed by atoms with Crippen LogP contribution in [0.3, 0.4) is 0 Å². The number of halogens is 1. The summed E-state index contributed by atoms with van der Waals surface area (Å²) in [5.74, 6) is 0.969. The Hall–Kier alpha value is -2.61. The number of hydrogen-bond donors (Lipinski definition) is 1. The van der Waals surface area contributed by atoms with Gasteiger partial charge < -0.3 is 14.2 Å². The van der Waals surface area contributed by atoms with Crippen LogP contribution in [0.5, 0.6) is 0 Å². The molecule has 1 saturated heterocycles. The largest absolute Gasteiger partial charge is 0.467 e. The van der Waals surface area contributed by atoms with Crippen LogP contribution in [0.25, 0.3) is 0 Å². The molecule has 4 rings (SSSR count). The van der Waals surface area contributed by atoms with Gasteiger partial charge in [0.15, 0.2) is 5.69 Å². The molecule has 1 amide bonds. The van der Waals surface area contributed by atoms with Gasteiger partial charge in [0.2, 0.25) is 5.89 Å². The van der Waals surface area contributed by atoms with E-state index in [1.165, 1.54) is 11.8 Å². The maximum atomic E-state index is 12.2. The molecule has 0 bridgehead atoms. The van der Waals surface area contributed by atoms with E-state index in [1.54, 1.807) is 18.4 Å². The number of piperazine rings is 1. The van der Waals surface area contributed by atoms with Gasteiger partial charge in [-0.05, 0) is 29.8 Å². The van der Waals surface area contributed by atoms with Gasteiger partial charge in [0.05, 0.1) is 19.4 Å². The van der Waals surface area contributed by atoms with E-state index < -0.39 is 0 Å². The minimum absolute atomic E-state index is 0.275. The number of benzene rings is 1. The van der Waals surface area contributed by atoms with E-state index in [-0.39, 0.29) is 11.6 Å². The molecule has 7 nitrogen and oxygen atoms in total. The van der Waals surface area contributed by atoms with Crippen molar-refractivity contribution in [3.05, 3.63) is 76.9 Å². The molecule has 1 N–H and O–H groups in total. The highest BCUT2D eigenvalue weighted by Gasteiger charge is 2.20. The summed E-state index contributed by atoms with van der Waals surface area (Å²) in [6, 6.07) is 11.6. The number of nitrogens with one attached hydrogen (secondary N) is 1. The summed E-state index contributed by atoms with van der Waals surface area (Å²) in [4.78, 5) is 21.2. The Morgan fingerprint density at radius 2 is 1.86 bits per heavy atom. The van der Waals surface area contributed by atoms with E-state index in [4.69, 9.17) is 20.4 Å². The van der Waals surface area contributed by atoms with E-state index in [1.807, 2.05) is 18.2 Å². The number of rotatable bonds is 7. The monoisotopic (exact) mass is 414 g/mol. The van der Waals surface area contributed by atoms with Crippen molar-refractivity contribution in [2.45, 2.75) is 19.6 Å². The lowest BCUT2D eigenvalue weighted by atomic mass is 10.2. The Morgan fingerprint density at radius 3 is 2.59 bits per heavy atom. The third-order valence-electron chi connectivity index (χ3n) is 4.91. The molecule has 0 radical (unpaired) electrons. The van der Waals surface area contributed by atoms with Gasteiger partial charge in [-0.25, -0.2) is 4.98 Å². The summed E-state index contributed by atoms with van der Waals surface area (Å²) in [6.45, 7) is 5.58. The molecule has 1 aliphatic heterocycles. The summed E-state index contributed by atoms with van der Waals surface area (Å²) in [7, 11) is 0. The highest BCUT2D eigenvalue weighted by atomic mass is 35.5. The molecular weight excluding hydrogens is 392 g/mol. The first-order valence-corrected chi connectivity index (χ1v) is 9.97. The first-order chi connectivity index (χ1) is 14.2. The van der Waals surface area contributed by atoms with Crippen LogP contribution in [-0.2, 0) is 19.6 Å². The van der Waals surface area contributed by atoms with Gasteiger partial charge >= 0.3 is 0 Å². The zero-order chi connectivity index (χ0) is 20.1. The molecule has 152 valence electrons. The molecule has 1 fully saturated rings. The lowest BCUT2D eigenvalue weighted by Gasteiger charge is -2.34. The molecular formula is C21H23ClN4O3. The molecule has 0 unspecified atom stereocenters. The summed E-state index contributed by atoms with van der Waals surface area (Å²) in [5, 5.41) is 3.54. The fourth-order valence-electron chi connectivity index (χ4n) is 3.35. The lowest BCUT2D eigenvalue weighted by molar-refractivity contribution is 0.0942. The molecule has 2 aromatic heterocycles. The molecule has 1 aromatic carbocycles. The van der Waals surface area contributed by atoms with Gasteiger partial charge in [0.1, 0.15) is 12.0 Å². The van der Waals surface area contributed by atoms with Crippen LogP contribution in [-0.4, -0.2) is 46.9 Å². The first kappa shape index (κ1) is 19.7. The number of nitrogens with zero attached hydrogens (tertiary/aromatic N) is 3. The topological polar surface area (TPSA) is 74.8 Å². The summed E-state index contributed by atoms with van der Waals surface area (Å²) in [5.41, 5.74) is 1.51. The zero-order valence-electron chi connectivity index (χ0n) is 16.0. The van der Waals surface area contributed by atoms with Crippen molar-refractivity contribution < 1.29 is 13.6 Å². The van der Waals surface area contributed by atoms with Gasteiger partial charge in [0.25, 0.3) is 5.91 Å². The Morgan fingerprint density at radius 1 is 1.07 bits per heavy atom. The highest BCUT2D eigenvalue weighted by Crippen LogP contribution is 2.15. The summed E-state index contributed by atoms with van der Waals surface area (Å²) in [6.07, 6.45) is 2.98. The highest BCUT2D eigenvalue weighted by molar-refractivity contribution is 6.30. The first-order valence-electron chi connectivity index (χ1n) is 9.60. The fraction of sp³-hybridized carbons (Fsp3) is 0.333. The molecule has 8 heteroatoms. The van der Waals surface area contributed by atoms with Crippen LogP contribution in [0, 0.1) is 0 Å². The second-order valence-electron chi connectivity index (χ2n) is 7.07. The van der Waals surface area contributed by atoms with Gasteiger partial charge in [-0.15, -0.1) is 0 Å². The Balaban J connectivity index is 1.23. The van der Waals surface area contributed by atoms with Gasteiger partial charge in [0, 0.05) is 37.7 Å². The van der Waals surface area contributed by atoms with Gasteiger partial charge in [-0.3, -0.25) is 14.6 Å². The molecule has 29 heavy (non-hydrogen) atoms. The van der Waals surface area contributed by atoms with Crippen molar-refractivity contribution in [2.24, 2.45) is 0 Å². The van der Waals surface area contributed by atoms with E-state index in [0.29, 0.717) is 24.7 Å². The second-order valence-corrected chi connectivity index (χ2v) is 7.51. The molecule has 3 heterocycles. The quantitative estimate of drug-likeness (QED) is 0.640. The summed E-state index contributed by atoms with van der Waals surface area (Å²) >= 11 is 6.07. The number of carbonyl (C=O) groups is 1. The predicted molar refractivity (Wildman–Crippen MR) is 108 cm³/mol. The number of carbonyl (C=O) groups excluding carboxylic acids is 1. The van der Waals surface area contributed by atoms with Gasteiger partial charge in [-0.2, -0.15) is 0 Å². The Labute approximate surface area is 174 Å². The second kappa shape index (κ2) is 9.26. The average Bonchev–Trinajstić information content (AvgIpc) is 3.40. The number of oxazole rings is 1. The maximum absolute atomic E-state index is 12.2. The third kappa shape index (κ3) is 5.47. The van der Waals surface area contributed by atoms with Gasteiger partial charge in [-0.1, -0.05) is 23.7 Å². The number of furan rings is 1. The van der Waals surface area contributed by atoms with Crippen LogP contribution in [0.1, 0.15) is 27.7 Å². The van der Waals surface area contributed by atoms with E-state index in [2.05, 4.69) is 26.2 Å². The van der Waals surface area contributed by atoms with Crippen molar-refractivity contribution in [3.8, 4) is 0 Å². The molecule has 0 saturated carbocycles. The molecule has 0 spiro atoms. The van der Waals surface area contributed by atoms with Crippen LogP contribution in [0.15, 0.2) is 57.8 Å². The predicted octanol–water partition coefficient (Wildman–Crippen LogP) is 3.17. The van der Waals surface area contributed by atoms with Crippen molar-refractivity contribution in [3.63, 3.8) is 0 Å². The molecule has 0 aliphatic carbocycles. The Bertz CT molecular complexity index is 933. The van der Waals surface area contributed by atoms with Crippen molar-refractivity contribution in [1.29, 1.82) is 0 Å². The normalized spacial score (nSPS) is 15.5. The number of hydrogen-bond acceptors (Lipinski definition) is 6. The maximum Gasteiger partial charge on any atom is 0.273 e. The minimum Gasteiger partial charge on any atom is -0.467 e. The number of aromatic nitrogens is 1. The third-order valence-corrected chi connectivity index (χ3v) is 5.14. The number of amides is 1. The molecule has 1 aliphatic rings. The van der Waals surface area contributed by atoms with E-state index in [0.717, 1.165) is 37.7 Å². The van der Waals surface area contributed by atoms with Crippen LogP contribution < -0.4 is 5.32 Å². The van der Waals surface area contributed by atoms with Crippen LogP contribution in [0.2, 0.25) is 5.02 Å². The minimum atomic E-state index is -0.275. The lowest BCUT2D eigenvalue weighted by Crippen LogP contribution is -2.45. The standard InChI is InChI=1S/C21H23ClN4O3/c22-17-4-1-3-16(11-17)13-25-6-8-26(9-7-25)14-20-24-19(15-29-20)21(27)23-12-18-5-2-10-28-18/h1-5,10-11,15H,6-9,12-14H2,(H,23,27). The molecule has 3 aromatic rings. The SMILES string of the molecule is O=C(NCc1ccco1)c1coc(CN2CCN(Cc3cccc(Cl)c3)CC2)n1. The van der Waals surface area contributed by atoms with E-state index >= 15 is 0 Å². The van der Waals surface area contributed by atoms with Crippen molar-refractivity contribution in [1.82, 2.24) is 20.1 Å². The Kier molecular flexibility index (Phi) is 6.29. The molecule has 0 atom stereocenters. The van der Waals surface area contributed by atoms with Crippen LogP contribution >= 0.6 is 11.6 Å². The van der Waals surface area contributed by atoms with Crippen molar-refractivity contribution >= 4 is 17.5 Å². The fourth-order valence-corrected chi connectivity index (χ4v) is 3.56. The average molecular weight is 415 g/mol. The zero-order valence-corrected chi connectivity index (χ0v) is 16.8. The van der Waals surface area contributed by atoms with E-state index in [9.17, 15) is 4.79 Å². The summed E-state index contributed by atoms with van der Waals surface area (Å²) < 4.78 is 10.7. The smallest absolute Gasteiger partial charge is 0.273 e. The van der Waals surface area contributed by atoms with Crippen molar-refractivity contribution in [2.75, 3.05) is 26.2 Å². The van der Waals surface area contributed by atoms with Crippen LogP contribution in [0.4, 0.5) is 0 Å².